The van der Waals surface area contributed by atoms with E-state index in [2.05, 4.69) is 4.98 Å². The number of nitrogens with zero attached hydrogens (tertiary/aromatic N) is 3. The van der Waals surface area contributed by atoms with Gasteiger partial charge in [0.15, 0.2) is 5.69 Å². The SMILES string of the molecule is N#CC(c1scnc1C(F)(F)F)N1CCC(F)(F)CC1. The summed E-state index contributed by atoms with van der Waals surface area (Å²) in [6.07, 6.45) is -5.55. The molecule has 0 spiro atoms. The molecule has 1 aromatic heterocycles. The van der Waals surface area contributed by atoms with Crippen LogP contribution < -0.4 is 0 Å². The van der Waals surface area contributed by atoms with Crippen molar-refractivity contribution in [3.63, 3.8) is 0 Å². The maximum absolute atomic E-state index is 13.1. The molecule has 0 bridgehead atoms. The normalized spacial score (nSPS) is 21.4. The van der Waals surface area contributed by atoms with Crippen molar-refractivity contribution in [2.24, 2.45) is 0 Å². The number of rotatable bonds is 2. The van der Waals surface area contributed by atoms with E-state index in [1.165, 1.54) is 4.90 Å². The van der Waals surface area contributed by atoms with Gasteiger partial charge in [0.05, 0.1) is 16.5 Å². The molecule has 1 aliphatic rings. The molecule has 110 valence electrons. The third-order valence-corrected chi connectivity index (χ3v) is 4.01. The molecular weight excluding hydrogens is 301 g/mol. The zero-order valence-corrected chi connectivity index (χ0v) is 10.9. The van der Waals surface area contributed by atoms with Crippen molar-refractivity contribution in [2.75, 3.05) is 13.1 Å². The van der Waals surface area contributed by atoms with Crippen LogP contribution in [0.3, 0.4) is 0 Å². The summed E-state index contributed by atoms with van der Waals surface area (Å²) in [7, 11) is 0. The summed E-state index contributed by atoms with van der Waals surface area (Å²) in [6.45, 7) is -0.221. The summed E-state index contributed by atoms with van der Waals surface area (Å²) >= 11 is 0.720. The number of halogens is 5. The Morgan fingerprint density at radius 1 is 1.35 bits per heavy atom. The van der Waals surface area contributed by atoms with Gasteiger partial charge in [-0.3, -0.25) is 4.90 Å². The minimum Gasteiger partial charge on any atom is -0.283 e. The molecule has 2 heterocycles. The van der Waals surface area contributed by atoms with Crippen LogP contribution in [0.15, 0.2) is 5.51 Å². The number of nitriles is 1. The molecule has 1 unspecified atom stereocenters. The number of piperidine rings is 1. The second-order valence-corrected chi connectivity index (χ2v) is 5.37. The fraction of sp³-hybridized carbons (Fsp3) is 0.636. The van der Waals surface area contributed by atoms with E-state index in [-0.39, 0.29) is 18.0 Å². The third kappa shape index (κ3) is 3.07. The highest BCUT2D eigenvalue weighted by Gasteiger charge is 2.42. The van der Waals surface area contributed by atoms with Gasteiger partial charge in [-0.05, 0) is 0 Å². The van der Waals surface area contributed by atoms with Crippen molar-refractivity contribution in [3.8, 4) is 6.07 Å². The zero-order valence-electron chi connectivity index (χ0n) is 10.1. The highest BCUT2D eigenvalue weighted by atomic mass is 32.1. The van der Waals surface area contributed by atoms with Crippen LogP contribution in [0, 0.1) is 11.3 Å². The Balaban J connectivity index is 2.23. The fourth-order valence-electron chi connectivity index (χ4n) is 2.08. The van der Waals surface area contributed by atoms with Crippen LogP contribution >= 0.6 is 11.3 Å². The van der Waals surface area contributed by atoms with Crippen LogP contribution in [-0.2, 0) is 6.18 Å². The lowest BCUT2D eigenvalue weighted by molar-refractivity contribution is -0.142. The summed E-state index contributed by atoms with van der Waals surface area (Å²) in [6, 6.07) is 0.580. The van der Waals surface area contributed by atoms with E-state index in [9.17, 15) is 22.0 Å². The second kappa shape index (κ2) is 5.26. The summed E-state index contributed by atoms with van der Waals surface area (Å²) < 4.78 is 64.4. The average Bonchev–Trinajstić information content (AvgIpc) is 2.81. The van der Waals surface area contributed by atoms with Crippen LogP contribution in [0.25, 0.3) is 0 Å². The topological polar surface area (TPSA) is 39.9 Å². The van der Waals surface area contributed by atoms with Crippen LogP contribution in [-0.4, -0.2) is 28.9 Å². The molecule has 0 N–H and O–H groups in total. The van der Waals surface area contributed by atoms with Gasteiger partial charge in [-0.25, -0.2) is 13.8 Å². The maximum Gasteiger partial charge on any atom is 0.434 e. The van der Waals surface area contributed by atoms with Crippen LogP contribution in [0.5, 0.6) is 0 Å². The first-order chi connectivity index (χ1) is 9.24. The number of alkyl halides is 5. The van der Waals surface area contributed by atoms with Gasteiger partial charge in [0.1, 0.15) is 6.04 Å². The molecule has 1 fully saturated rings. The first-order valence-corrected chi connectivity index (χ1v) is 6.64. The van der Waals surface area contributed by atoms with E-state index in [1.807, 2.05) is 0 Å². The lowest BCUT2D eigenvalue weighted by Gasteiger charge is -2.34. The van der Waals surface area contributed by atoms with Gasteiger partial charge in [0.25, 0.3) is 5.92 Å². The number of thiazole rings is 1. The largest absolute Gasteiger partial charge is 0.434 e. The maximum atomic E-state index is 13.1. The summed E-state index contributed by atoms with van der Waals surface area (Å²) in [5.41, 5.74) is -0.0903. The van der Waals surface area contributed by atoms with Crippen LogP contribution in [0.1, 0.15) is 29.5 Å². The summed E-state index contributed by atoms with van der Waals surface area (Å²) in [5, 5.41) is 9.10. The minimum atomic E-state index is -4.65. The third-order valence-electron chi connectivity index (χ3n) is 3.13. The highest BCUT2D eigenvalue weighted by molar-refractivity contribution is 7.09. The molecule has 9 heteroatoms. The Morgan fingerprint density at radius 3 is 2.45 bits per heavy atom. The Hall–Kier alpha value is -1.27. The lowest BCUT2D eigenvalue weighted by atomic mass is 10.0. The van der Waals surface area contributed by atoms with Gasteiger partial charge in [-0.1, -0.05) is 0 Å². The molecule has 2 rings (SSSR count). The van der Waals surface area contributed by atoms with Gasteiger partial charge >= 0.3 is 6.18 Å². The van der Waals surface area contributed by atoms with Crippen LogP contribution in [0.2, 0.25) is 0 Å². The smallest absolute Gasteiger partial charge is 0.283 e. The van der Waals surface area contributed by atoms with Crippen molar-refractivity contribution in [3.05, 3.63) is 16.1 Å². The molecule has 1 saturated heterocycles. The summed E-state index contributed by atoms with van der Waals surface area (Å²) in [5.74, 6) is -2.81. The standard InChI is InChI=1S/C11H10F5N3S/c12-10(13)1-3-19(4-2-10)7(5-17)8-9(11(14,15)16)18-6-20-8/h6-7H,1-4H2. The Morgan fingerprint density at radius 2 is 1.95 bits per heavy atom. The lowest BCUT2D eigenvalue weighted by Crippen LogP contribution is -2.41. The average molecular weight is 311 g/mol. The van der Waals surface area contributed by atoms with Gasteiger partial charge in [0.2, 0.25) is 0 Å². The first-order valence-electron chi connectivity index (χ1n) is 5.77. The van der Waals surface area contributed by atoms with Gasteiger partial charge < -0.3 is 0 Å². The molecule has 0 aromatic carbocycles. The zero-order chi connectivity index (χ0) is 15.0. The van der Waals surface area contributed by atoms with Gasteiger partial charge in [0, 0.05) is 25.9 Å². The highest BCUT2D eigenvalue weighted by Crippen LogP contribution is 2.39. The molecule has 0 saturated carbocycles. The van der Waals surface area contributed by atoms with E-state index >= 15 is 0 Å². The van der Waals surface area contributed by atoms with Crippen molar-refractivity contribution in [1.29, 1.82) is 5.26 Å². The molecule has 1 aromatic rings. The number of aromatic nitrogens is 1. The van der Waals surface area contributed by atoms with E-state index < -0.39 is 36.7 Å². The molecule has 3 nitrogen and oxygen atoms in total. The Bertz CT molecular complexity index is 509. The number of likely N-dealkylation sites (tertiary alicyclic amines) is 1. The molecule has 0 aliphatic carbocycles. The minimum absolute atomic E-state index is 0.111. The van der Waals surface area contributed by atoms with Gasteiger partial charge in [-0.2, -0.15) is 18.4 Å². The molecule has 0 amide bonds. The number of hydrogen-bond acceptors (Lipinski definition) is 4. The quantitative estimate of drug-likeness (QED) is 0.785. The van der Waals surface area contributed by atoms with E-state index in [0.29, 0.717) is 0 Å². The fourth-order valence-corrected chi connectivity index (χ4v) is 2.96. The van der Waals surface area contributed by atoms with Crippen molar-refractivity contribution in [2.45, 2.75) is 31.0 Å². The second-order valence-electron chi connectivity index (χ2n) is 4.49. The van der Waals surface area contributed by atoms with E-state index in [1.54, 1.807) is 6.07 Å². The predicted molar refractivity (Wildman–Crippen MR) is 61.2 cm³/mol. The Labute approximate surface area is 115 Å². The molecule has 1 atom stereocenters. The molecule has 1 aliphatic heterocycles. The first kappa shape index (κ1) is 15.1. The van der Waals surface area contributed by atoms with Crippen LogP contribution in [0.4, 0.5) is 22.0 Å². The molecular formula is C11H10F5N3S. The van der Waals surface area contributed by atoms with Crippen molar-refractivity contribution < 1.29 is 22.0 Å². The monoisotopic (exact) mass is 311 g/mol. The van der Waals surface area contributed by atoms with E-state index in [0.717, 1.165) is 16.8 Å². The molecule has 20 heavy (non-hydrogen) atoms. The Kier molecular flexibility index (Phi) is 3.97. The molecule has 0 radical (unpaired) electrons. The predicted octanol–water partition coefficient (Wildman–Crippen LogP) is 3.46. The summed E-state index contributed by atoms with van der Waals surface area (Å²) in [4.78, 5) is 4.36. The van der Waals surface area contributed by atoms with E-state index in [4.69, 9.17) is 5.26 Å². The number of hydrogen-bond donors (Lipinski definition) is 0. The van der Waals surface area contributed by atoms with Crippen molar-refractivity contribution in [1.82, 2.24) is 9.88 Å². The van der Waals surface area contributed by atoms with Gasteiger partial charge in [-0.15, -0.1) is 11.3 Å². The van der Waals surface area contributed by atoms with Crippen molar-refractivity contribution >= 4 is 11.3 Å².